The molecule has 0 bridgehead atoms. The van der Waals surface area contributed by atoms with E-state index in [1.165, 1.54) is 0 Å². The molecule has 0 radical (unpaired) electrons. The highest BCUT2D eigenvalue weighted by Gasteiger charge is 2.20. The second kappa shape index (κ2) is 4.55. The summed E-state index contributed by atoms with van der Waals surface area (Å²) in [4.78, 5) is 11.9. The van der Waals surface area contributed by atoms with Gasteiger partial charge >= 0.3 is 0 Å². The van der Waals surface area contributed by atoms with Crippen molar-refractivity contribution in [2.75, 3.05) is 0 Å². The number of rotatable bonds is 4. The molecular weight excluding hydrogens is 190 g/mol. The van der Waals surface area contributed by atoms with E-state index >= 15 is 0 Å². The van der Waals surface area contributed by atoms with Gasteiger partial charge in [-0.25, -0.2) is 4.68 Å². The first-order chi connectivity index (χ1) is 6.94. The zero-order valence-corrected chi connectivity index (χ0v) is 9.95. The minimum absolute atomic E-state index is 0.0123. The summed E-state index contributed by atoms with van der Waals surface area (Å²) in [5, 5.41) is 7.69. The van der Waals surface area contributed by atoms with Crippen LogP contribution in [0.4, 0.5) is 0 Å². The number of hydrogen-bond acceptors (Lipinski definition) is 3. The van der Waals surface area contributed by atoms with Crippen molar-refractivity contribution in [3.05, 3.63) is 11.9 Å². The van der Waals surface area contributed by atoms with Crippen LogP contribution in [-0.2, 0) is 6.54 Å². The smallest absolute Gasteiger partial charge is 0.183 e. The van der Waals surface area contributed by atoms with Crippen molar-refractivity contribution >= 4 is 5.78 Å². The summed E-state index contributed by atoms with van der Waals surface area (Å²) < 4.78 is 1.69. The summed E-state index contributed by atoms with van der Waals surface area (Å²) in [6, 6.07) is 0. The zero-order chi connectivity index (χ0) is 11.5. The average Bonchev–Trinajstić information content (AvgIpc) is 2.49. The lowest BCUT2D eigenvalue weighted by molar-refractivity contribution is 0.0929. The third kappa shape index (κ3) is 3.46. The van der Waals surface area contributed by atoms with Gasteiger partial charge < -0.3 is 0 Å². The quantitative estimate of drug-likeness (QED) is 0.715. The van der Waals surface area contributed by atoms with Crippen LogP contribution in [0, 0.1) is 5.41 Å². The summed E-state index contributed by atoms with van der Waals surface area (Å²) >= 11 is 0. The average molecular weight is 209 g/mol. The molecule has 15 heavy (non-hydrogen) atoms. The van der Waals surface area contributed by atoms with Gasteiger partial charge in [0.05, 0.1) is 6.20 Å². The number of carbonyl (C=O) groups excluding carboxylic acids is 1. The lowest BCUT2D eigenvalue weighted by Gasteiger charge is -2.16. The molecule has 1 aromatic rings. The highest BCUT2D eigenvalue weighted by atomic mass is 16.1. The van der Waals surface area contributed by atoms with Crippen LogP contribution in [0.5, 0.6) is 0 Å². The summed E-state index contributed by atoms with van der Waals surface area (Å²) in [6.07, 6.45) is 3.05. The predicted octanol–water partition coefficient (Wildman–Crippen LogP) is 2.31. The summed E-state index contributed by atoms with van der Waals surface area (Å²) in [6.45, 7) is 8.97. The molecule has 0 aliphatic heterocycles. The molecule has 0 atom stereocenters. The van der Waals surface area contributed by atoms with Crippen LogP contribution in [0.2, 0.25) is 0 Å². The fourth-order valence-electron chi connectivity index (χ4n) is 1.42. The number of hydrogen-bond donors (Lipinski definition) is 0. The van der Waals surface area contributed by atoms with E-state index in [2.05, 4.69) is 38.0 Å². The van der Waals surface area contributed by atoms with Gasteiger partial charge in [0.2, 0.25) is 0 Å². The topological polar surface area (TPSA) is 47.8 Å². The minimum atomic E-state index is 0.0123. The Morgan fingerprint density at radius 1 is 1.47 bits per heavy atom. The third-order valence-electron chi connectivity index (χ3n) is 2.03. The molecule has 1 rings (SSSR count). The lowest BCUT2D eigenvalue weighted by atomic mass is 9.89. The van der Waals surface area contributed by atoms with Gasteiger partial charge in [-0.3, -0.25) is 4.79 Å². The van der Waals surface area contributed by atoms with Gasteiger partial charge in [-0.05, 0) is 11.8 Å². The van der Waals surface area contributed by atoms with Crippen molar-refractivity contribution in [3.63, 3.8) is 0 Å². The van der Waals surface area contributed by atoms with Crippen LogP contribution in [0.1, 0.15) is 51.0 Å². The van der Waals surface area contributed by atoms with Crippen LogP contribution in [0.3, 0.4) is 0 Å². The Kier molecular flexibility index (Phi) is 3.61. The first kappa shape index (κ1) is 11.9. The first-order valence-corrected chi connectivity index (χ1v) is 5.36. The number of ketones is 1. The number of Topliss-reactive ketones (excluding diaryl/α,β-unsaturated/α-hetero) is 1. The molecule has 0 aliphatic rings. The van der Waals surface area contributed by atoms with E-state index in [-0.39, 0.29) is 11.2 Å². The van der Waals surface area contributed by atoms with Gasteiger partial charge in [0.15, 0.2) is 5.78 Å². The van der Waals surface area contributed by atoms with Crippen LogP contribution in [-0.4, -0.2) is 20.8 Å². The van der Waals surface area contributed by atoms with Crippen molar-refractivity contribution in [3.8, 4) is 0 Å². The largest absolute Gasteiger partial charge is 0.292 e. The Labute approximate surface area is 90.7 Å². The van der Waals surface area contributed by atoms with E-state index in [0.717, 1.165) is 13.0 Å². The molecule has 4 nitrogen and oxygen atoms in total. The molecular formula is C11H19N3O. The maximum absolute atomic E-state index is 11.9. The lowest BCUT2D eigenvalue weighted by Crippen LogP contribution is -2.17. The molecule has 84 valence electrons. The van der Waals surface area contributed by atoms with Crippen LogP contribution in [0.15, 0.2) is 6.20 Å². The molecule has 0 aliphatic carbocycles. The van der Waals surface area contributed by atoms with E-state index in [1.807, 2.05) is 0 Å². The maximum Gasteiger partial charge on any atom is 0.183 e. The van der Waals surface area contributed by atoms with E-state index in [0.29, 0.717) is 12.1 Å². The summed E-state index contributed by atoms with van der Waals surface area (Å²) in [5.74, 6) is 0.126. The third-order valence-corrected chi connectivity index (χ3v) is 2.03. The standard InChI is InChI=1S/C11H19N3O/c1-5-6-14-9(8-12-13-14)10(15)7-11(2,3)4/h8H,5-7H2,1-4H3. The maximum atomic E-state index is 11.9. The van der Waals surface area contributed by atoms with Crippen molar-refractivity contribution in [1.82, 2.24) is 15.0 Å². The summed E-state index contributed by atoms with van der Waals surface area (Å²) in [7, 11) is 0. The highest BCUT2D eigenvalue weighted by molar-refractivity contribution is 5.94. The minimum Gasteiger partial charge on any atom is -0.292 e. The van der Waals surface area contributed by atoms with E-state index in [9.17, 15) is 4.79 Å². The first-order valence-electron chi connectivity index (χ1n) is 5.36. The van der Waals surface area contributed by atoms with Crippen LogP contribution < -0.4 is 0 Å². The predicted molar refractivity (Wildman–Crippen MR) is 58.7 cm³/mol. The van der Waals surface area contributed by atoms with Gasteiger partial charge in [-0.2, -0.15) is 0 Å². The Balaban J connectivity index is 2.77. The molecule has 4 heteroatoms. The monoisotopic (exact) mass is 209 g/mol. The van der Waals surface area contributed by atoms with Gasteiger partial charge in [-0.1, -0.05) is 32.9 Å². The molecule has 0 saturated carbocycles. The van der Waals surface area contributed by atoms with Crippen molar-refractivity contribution in [2.24, 2.45) is 5.41 Å². The molecule has 0 fully saturated rings. The molecule has 0 amide bonds. The van der Waals surface area contributed by atoms with Crippen LogP contribution >= 0.6 is 0 Å². The van der Waals surface area contributed by atoms with Gasteiger partial charge in [0, 0.05) is 13.0 Å². The van der Waals surface area contributed by atoms with Gasteiger partial charge in [-0.15, -0.1) is 5.10 Å². The number of aromatic nitrogens is 3. The van der Waals surface area contributed by atoms with Crippen molar-refractivity contribution < 1.29 is 4.79 Å². The number of aryl methyl sites for hydroxylation is 1. The number of carbonyl (C=O) groups is 1. The molecule has 0 aromatic carbocycles. The van der Waals surface area contributed by atoms with Crippen LogP contribution in [0.25, 0.3) is 0 Å². The molecule has 0 N–H and O–H groups in total. The second-order valence-electron chi connectivity index (χ2n) is 5.00. The fraction of sp³-hybridized carbons (Fsp3) is 0.727. The van der Waals surface area contributed by atoms with E-state index in [1.54, 1.807) is 10.9 Å². The zero-order valence-electron chi connectivity index (χ0n) is 9.95. The Morgan fingerprint density at radius 3 is 2.67 bits per heavy atom. The normalized spacial score (nSPS) is 11.7. The SMILES string of the molecule is CCCn1nncc1C(=O)CC(C)(C)C. The van der Waals surface area contributed by atoms with Crippen molar-refractivity contribution in [2.45, 2.75) is 47.1 Å². The number of nitrogens with zero attached hydrogens (tertiary/aromatic N) is 3. The van der Waals surface area contributed by atoms with E-state index < -0.39 is 0 Å². The van der Waals surface area contributed by atoms with Gasteiger partial charge in [0.1, 0.15) is 5.69 Å². The molecule has 0 spiro atoms. The Morgan fingerprint density at radius 2 is 2.13 bits per heavy atom. The van der Waals surface area contributed by atoms with E-state index in [4.69, 9.17) is 0 Å². The molecule has 0 unspecified atom stereocenters. The summed E-state index contributed by atoms with van der Waals surface area (Å²) in [5.41, 5.74) is 0.644. The van der Waals surface area contributed by atoms with Crippen molar-refractivity contribution in [1.29, 1.82) is 0 Å². The molecule has 1 heterocycles. The second-order valence-corrected chi connectivity index (χ2v) is 5.00. The Bertz CT molecular complexity index is 336. The van der Waals surface area contributed by atoms with Gasteiger partial charge in [0.25, 0.3) is 0 Å². The molecule has 0 saturated heterocycles. The highest BCUT2D eigenvalue weighted by Crippen LogP contribution is 2.21. The fourth-order valence-corrected chi connectivity index (χ4v) is 1.42. The Hall–Kier alpha value is -1.19. The molecule has 1 aromatic heterocycles.